The number of hydrogen-bond donors (Lipinski definition) is 1. The van der Waals surface area contributed by atoms with Crippen LogP contribution in [0.3, 0.4) is 0 Å². The minimum atomic E-state index is 0.0271. The summed E-state index contributed by atoms with van der Waals surface area (Å²) in [5.74, 6) is 0.224. The van der Waals surface area contributed by atoms with Gasteiger partial charge in [0.15, 0.2) is 0 Å². The zero-order chi connectivity index (χ0) is 13.4. The molecular formula is C16H16N2O. The van der Waals surface area contributed by atoms with E-state index >= 15 is 0 Å². The van der Waals surface area contributed by atoms with Crippen LogP contribution in [0.4, 0.5) is 0 Å². The minimum Gasteiger partial charge on any atom is -0.357 e. The van der Waals surface area contributed by atoms with Gasteiger partial charge in [-0.1, -0.05) is 30.4 Å². The number of H-pyrrole nitrogens is 1. The Labute approximate surface area is 112 Å². The van der Waals surface area contributed by atoms with Gasteiger partial charge in [0.25, 0.3) is 0 Å². The van der Waals surface area contributed by atoms with E-state index in [1.54, 1.807) is 11.8 Å². The molecule has 19 heavy (non-hydrogen) atoms. The van der Waals surface area contributed by atoms with Gasteiger partial charge >= 0.3 is 0 Å². The van der Waals surface area contributed by atoms with Gasteiger partial charge in [0.1, 0.15) is 0 Å². The Morgan fingerprint density at radius 3 is 2.53 bits per heavy atom. The number of nitrogens with zero attached hydrogens (tertiary/aromatic N) is 1. The summed E-state index contributed by atoms with van der Waals surface area (Å²) in [6.45, 7) is 3.69. The lowest BCUT2D eigenvalue weighted by atomic mass is 9.99. The number of carbonyl (C=O) groups excluding carboxylic acids is 1. The number of amides is 1. The number of aryl methyl sites for hydroxylation is 1. The van der Waals surface area contributed by atoms with Gasteiger partial charge < -0.3 is 4.98 Å². The molecule has 0 saturated heterocycles. The fourth-order valence-electron chi connectivity index (χ4n) is 2.52. The summed E-state index contributed by atoms with van der Waals surface area (Å²) >= 11 is 0. The van der Waals surface area contributed by atoms with E-state index in [-0.39, 0.29) is 11.8 Å². The van der Waals surface area contributed by atoms with Crippen LogP contribution in [-0.4, -0.2) is 15.8 Å². The van der Waals surface area contributed by atoms with Crippen molar-refractivity contribution in [3.05, 3.63) is 60.1 Å². The minimum absolute atomic E-state index is 0.0271. The van der Waals surface area contributed by atoms with Gasteiger partial charge in [-0.25, -0.2) is 0 Å². The van der Waals surface area contributed by atoms with Crippen LogP contribution in [0.2, 0.25) is 0 Å². The fourth-order valence-corrected chi connectivity index (χ4v) is 2.52. The first-order valence-electron chi connectivity index (χ1n) is 6.39. The Morgan fingerprint density at radius 2 is 1.89 bits per heavy atom. The molecule has 1 aliphatic rings. The molecule has 0 spiro atoms. The topological polar surface area (TPSA) is 36.1 Å². The molecule has 1 aliphatic heterocycles. The van der Waals surface area contributed by atoms with Crippen LogP contribution in [0.15, 0.2) is 48.8 Å². The first-order valence-corrected chi connectivity index (χ1v) is 6.39. The Hall–Kier alpha value is -2.29. The van der Waals surface area contributed by atoms with E-state index in [2.05, 4.69) is 30.1 Å². The Balaban J connectivity index is 1.98. The molecule has 0 atom stereocenters. The van der Waals surface area contributed by atoms with Crippen molar-refractivity contribution in [3.63, 3.8) is 0 Å². The second kappa shape index (κ2) is 4.43. The third-order valence-electron chi connectivity index (χ3n) is 3.61. The highest BCUT2D eigenvalue weighted by Gasteiger charge is 2.16. The van der Waals surface area contributed by atoms with E-state index in [9.17, 15) is 4.79 Å². The van der Waals surface area contributed by atoms with Crippen molar-refractivity contribution in [1.82, 2.24) is 9.88 Å². The van der Waals surface area contributed by atoms with Crippen LogP contribution < -0.4 is 0 Å². The predicted octanol–water partition coefficient (Wildman–Crippen LogP) is 3.45. The van der Waals surface area contributed by atoms with E-state index in [1.807, 2.05) is 30.6 Å². The second-order valence-corrected chi connectivity index (χ2v) is 4.84. The largest absolute Gasteiger partial charge is 0.357 e. The van der Waals surface area contributed by atoms with Gasteiger partial charge in [0.2, 0.25) is 5.91 Å². The number of rotatable bonds is 1. The van der Waals surface area contributed by atoms with Gasteiger partial charge in [0.05, 0.1) is 0 Å². The molecule has 96 valence electrons. The van der Waals surface area contributed by atoms with Crippen LogP contribution >= 0.6 is 0 Å². The molecule has 0 unspecified atom stereocenters. The first kappa shape index (κ1) is 11.8. The maximum absolute atomic E-state index is 11.3. The number of benzene rings is 1. The van der Waals surface area contributed by atoms with Crippen molar-refractivity contribution in [2.75, 3.05) is 0 Å². The highest BCUT2D eigenvalue weighted by atomic mass is 16.2. The van der Waals surface area contributed by atoms with E-state index in [4.69, 9.17) is 0 Å². The molecule has 3 rings (SSSR count). The molecule has 1 aromatic carbocycles. The summed E-state index contributed by atoms with van der Waals surface area (Å²) in [7, 11) is 0. The average Bonchev–Trinajstić information content (AvgIpc) is 2.77. The zero-order valence-electron chi connectivity index (χ0n) is 11.1. The molecule has 1 amide bonds. The Bertz CT molecular complexity index is 680. The van der Waals surface area contributed by atoms with Crippen LogP contribution in [0.1, 0.15) is 24.1 Å². The SMILES string of the molecule is CC(=O)N1C=CC(c2[nH]c3ccccc3c2C)C=C1. The van der Waals surface area contributed by atoms with Crippen molar-refractivity contribution in [2.24, 2.45) is 0 Å². The van der Waals surface area contributed by atoms with Crippen molar-refractivity contribution in [1.29, 1.82) is 0 Å². The lowest BCUT2D eigenvalue weighted by Gasteiger charge is -2.18. The summed E-state index contributed by atoms with van der Waals surface area (Å²) in [4.78, 5) is 16.3. The van der Waals surface area contributed by atoms with Crippen molar-refractivity contribution >= 4 is 16.8 Å². The summed E-state index contributed by atoms with van der Waals surface area (Å²) in [6.07, 6.45) is 7.74. The average molecular weight is 252 g/mol. The summed E-state index contributed by atoms with van der Waals surface area (Å²) in [5, 5.41) is 1.26. The molecule has 3 heteroatoms. The van der Waals surface area contributed by atoms with Crippen molar-refractivity contribution in [3.8, 4) is 0 Å². The van der Waals surface area contributed by atoms with E-state index in [0.29, 0.717) is 0 Å². The maximum atomic E-state index is 11.3. The number of hydrogen-bond acceptors (Lipinski definition) is 1. The number of carbonyl (C=O) groups is 1. The molecule has 3 nitrogen and oxygen atoms in total. The maximum Gasteiger partial charge on any atom is 0.227 e. The normalized spacial score (nSPS) is 15.4. The molecule has 0 aliphatic carbocycles. The van der Waals surface area contributed by atoms with Crippen LogP contribution in [0.25, 0.3) is 10.9 Å². The molecule has 0 fully saturated rings. The fraction of sp³-hybridized carbons (Fsp3) is 0.188. The van der Waals surface area contributed by atoms with Gasteiger partial charge in [-0.15, -0.1) is 0 Å². The Kier molecular flexibility index (Phi) is 2.75. The number of para-hydroxylation sites is 1. The van der Waals surface area contributed by atoms with Crippen LogP contribution in [-0.2, 0) is 4.79 Å². The summed E-state index contributed by atoms with van der Waals surface area (Å²) < 4.78 is 0. The second-order valence-electron chi connectivity index (χ2n) is 4.84. The molecule has 2 heterocycles. The molecule has 2 aromatic rings. The monoisotopic (exact) mass is 252 g/mol. The number of allylic oxidation sites excluding steroid dienone is 2. The summed E-state index contributed by atoms with van der Waals surface area (Å²) in [6, 6.07) is 8.30. The molecule has 0 radical (unpaired) electrons. The number of aromatic amines is 1. The van der Waals surface area contributed by atoms with Gasteiger partial charge in [0, 0.05) is 41.8 Å². The van der Waals surface area contributed by atoms with Crippen molar-refractivity contribution < 1.29 is 4.79 Å². The molecule has 1 aromatic heterocycles. The van der Waals surface area contributed by atoms with Crippen LogP contribution in [0.5, 0.6) is 0 Å². The first-order chi connectivity index (χ1) is 9.16. The highest BCUT2D eigenvalue weighted by molar-refractivity contribution is 5.84. The van der Waals surface area contributed by atoms with Crippen molar-refractivity contribution in [2.45, 2.75) is 19.8 Å². The molecule has 0 saturated carbocycles. The Morgan fingerprint density at radius 1 is 1.21 bits per heavy atom. The lowest BCUT2D eigenvalue weighted by molar-refractivity contribution is -0.124. The molecular weight excluding hydrogens is 236 g/mol. The van der Waals surface area contributed by atoms with E-state index in [1.165, 1.54) is 16.6 Å². The van der Waals surface area contributed by atoms with Gasteiger partial charge in [-0.05, 0) is 18.6 Å². The highest BCUT2D eigenvalue weighted by Crippen LogP contribution is 2.30. The van der Waals surface area contributed by atoms with Gasteiger partial charge in [-0.3, -0.25) is 9.69 Å². The number of nitrogens with one attached hydrogen (secondary N) is 1. The zero-order valence-corrected chi connectivity index (χ0v) is 11.1. The third kappa shape index (κ3) is 1.97. The van der Waals surface area contributed by atoms with Crippen LogP contribution in [0, 0.1) is 6.92 Å². The predicted molar refractivity (Wildman–Crippen MR) is 76.6 cm³/mol. The van der Waals surface area contributed by atoms with E-state index in [0.717, 1.165) is 5.52 Å². The number of aromatic nitrogens is 1. The quantitative estimate of drug-likeness (QED) is 0.829. The standard InChI is InChI=1S/C16H16N2O/c1-11-14-5-3-4-6-15(14)17-16(11)13-7-9-18(10-8-13)12(2)19/h3-10,13,17H,1-2H3. The third-order valence-corrected chi connectivity index (χ3v) is 3.61. The molecule has 0 bridgehead atoms. The smallest absolute Gasteiger partial charge is 0.227 e. The number of fused-ring (bicyclic) bond motifs is 1. The summed E-state index contributed by atoms with van der Waals surface area (Å²) in [5.41, 5.74) is 3.62. The lowest BCUT2D eigenvalue weighted by Crippen LogP contribution is -2.18. The van der Waals surface area contributed by atoms with E-state index < -0.39 is 0 Å². The molecule has 1 N–H and O–H groups in total. The van der Waals surface area contributed by atoms with Gasteiger partial charge in [-0.2, -0.15) is 0 Å².